The van der Waals surface area contributed by atoms with E-state index in [4.69, 9.17) is 19.9 Å². The fraction of sp³-hybridized carbons (Fsp3) is 0.632. The van der Waals surface area contributed by atoms with Crippen molar-refractivity contribution in [2.45, 2.75) is 58.2 Å². The smallest absolute Gasteiger partial charge is 0.308 e. The van der Waals surface area contributed by atoms with Crippen LogP contribution in [0, 0.1) is 5.92 Å². The van der Waals surface area contributed by atoms with E-state index < -0.39 is 42.0 Å². The Balaban J connectivity index is 2.00. The van der Waals surface area contributed by atoms with Gasteiger partial charge < -0.3 is 25.3 Å². The molecule has 0 saturated carbocycles. The number of nitrogens with one attached hydrogen (secondary N) is 1. The van der Waals surface area contributed by atoms with Crippen LogP contribution < -0.4 is 11.1 Å². The normalized spacial score (nSPS) is 25.7. The average molecular weight is 438 g/mol. The third-order valence-corrected chi connectivity index (χ3v) is 5.02. The average Bonchev–Trinajstić information content (AvgIpc) is 3.23. The molecule has 0 spiro atoms. The van der Waals surface area contributed by atoms with Crippen LogP contribution in [-0.2, 0) is 23.8 Å². The standard InChI is InChI=1S/C19H27FN6O5/c1-6-11(27)29-7-10-13(31-16(28)9(2)3)19(4,20)17(30-10)26-8-23-12-14(22-5)24-18(21)25-15(12)26/h8-10,13,17H,6-7H2,1-5H3,(H3,21,22,24,25). The van der Waals surface area contributed by atoms with Gasteiger partial charge in [0.15, 0.2) is 35.0 Å². The summed E-state index contributed by atoms with van der Waals surface area (Å²) >= 11 is 0. The minimum absolute atomic E-state index is 0.0339. The van der Waals surface area contributed by atoms with Crippen molar-refractivity contribution in [1.29, 1.82) is 0 Å². The second-order valence-electron chi connectivity index (χ2n) is 7.73. The summed E-state index contributed by atoms with van der Waals surface area (Å²) in [4.78, 5) is 36.3. The van der Waals surface area contributed by atoms with Crippen molar-refractivity contribution in [2.24, 2.45) is 5.92 Å². The molecular weight excluding hydrogens is 411 g/mol. The van der Waals surface area contributed by atoms with E-state index in [0.717, 1.165) is 0 Å². The number of nitrogen functional groups attached to an aromatic ring is 1. The molecule has 1 fully saturated rings. The van der Waals surface area contributed by atoms with Crippen LogP contribution >= 0.6 is 0 Å². The molecule has 3 rings (SSSR count). The Kier molecular flexibility index (Phi) is 6.30. The van der Waals surface area contributed by atoms with E-state index in [2.05, 4.69) is 20.3 Å². The predicted octanol–water partition coefficient (Wildman–Crippen LogP) is 1.60. The summed E-state index contributed by atoms with van der Waals surface area (Å²) in [5.41, 5.74) is 4.20. The van der Waals surface area contributed by atoms with Gasteiger partial charge in [-0.15, -0.1) is 0 Å². The Morgan fingerprint density at radius 3 is 2.74 bits per heavy atom. The summed E-state index contributed by atoms with van der Waals surface area (Å²) in [7, 11) is 1.64. The van der Waals surface area contributed by atoms with Crippen LogP contribution in [0.25, 0.3) is 11.2 Å². The van der Waals surface area contributed by atoms with Gasteiger partial charge in [0.2, 0.25) is 5.95 Å². The van der Waals surface area contributed by atoms with Crippen LogP contribution in [0.5, 0.6) is 0 Å². The second-order valence-corrected chi connectivity index (χ2v) is 7.73. The fourth-order valence-corrected chi connectivity index (χ4v) is 3.35. The molecular formula is C19H27FN6O5. The van der Waals surface area contributed by atoms with E-state index in [1.807, 2.05) is 0 Å². The first kappa shape index (κ1) is 22.7. The van der Waals surface area contributed by atoms with E-state index >= 15 is 4.39 Å². The Hall–Kier alpha value is -3.02. The number of nitrogens with zero attached hydrogens (tertiary/aromatic N) is 4. The quantitative estimate of drug-likeness (QED) is 0.612. The predicted molar refractivity (Wildman–Crippen MR) is 109 cm³/mol. The molecule has 0 radical (unpaired) electrons. The van der Waals surface area contributed by atoms with Crippen LogP contribution in [0.4, 0.5) is 16.2 Å². The molecule has 3 N–H and O–H groups in total. The van der Waals surface area contributed by atoms with E-state index in [9.17, 15) is 9.59 Å². The molecule has 0 amide bonds. The Labute approximate surface area is 178 Å². The van der Waals surface area contributed by atoms with Crippen molar-refractivity contribution in [3.8, 4) is 0 Å². The highest BCUT2D eigenvalue weighted by atomic mass is 19.1. The van der Waals surface area contributed by atoms with E-state index in [1.165, 1.54) is 17.8 Å². The second kappa shape index (κ2) is 8.61. The SMILES string of the molecule is CCC(=O)OCC1OC(n2cnc3c(NC)nc(N)nc32)C(C)(F)C1OC(=O)C(C)C. The maximum absolute atomic E-state index is 16.1. The number of alkyl halides is 1. The number of halogens is 1. The molecule has 0 aliphatic carbocycles. The molecule has 11 nitrogen and oxygen atoms in total. The monoisotopic (exact) mass is 438 g/mol. The number of carbonyl (C=O) groups is 2. The lowest BCUT2D eigenvalue weighted by Crippen LogP contribution is -2.45. The number of hydrogen-bond donors (Lipinski definition) is 2. The van der Waals surface area contributed by atoms with Crippen molar-refractivity contribution < 1.29 is 28.2 Å². The van der Waals surface area contributed by atoms with Crippen LogP contribution in [0.15, 0.2) is 6.33 Å². The van der Waals surface area contributed by atoms with Gasteiger partial charge in [-0.1, -0.05) is 20.8 Å². The molecule has 31 heavy (non-hydrogen) atoms. The zero-order valence-electron chi connectivity index (χ0n) is 18.1. The van der Waals surface area contributed by atoms with Crippen molar-refractivity contribution >= 4 is 34.9 Å². The lowest BCUT2D eigenvalue weighted by Gasteiger charge is -2.28. The van der Waals surface area contributed by atoms with Gasteiger partial charge in [0.1, 0.15) is 12.7 Å². The molecule has 2 aromatic heterocycles. The van der Waals surface area contributed by atoms with Crippen LogP contribution in [0.1, 0.15) is 40.3 Å². The van der Waals surface area contributed by atoms with Crippen LogP contribution in [0.2, 0.25) is 0 Å². The molecule has 12 heteroatoms. The largest absolute Gasteiger partial charge is 0.463 e. The summed E-state index contributed by atoms with van der Waals surface area (Å²) in [5.74, 6) is -1.21. The molecule has 170 valence electrons. The van der Waals surface area contributed by atoms with Gasteiger partial charge >= 0.3 is 11.9 Å². The van der Waals surface area contributed by atoms with Gasteiger partial charge in [0.25, 0.3) is 0 Å². The minimum atomic E-state index is -2.19. The van der Waals surface area contributed by atoms with Crippen LogP contribution in [0.3, 0.4) is 0 Å². The van der Waals surface area contributed by atoms with Gasteiger partial charge in [0, 0.05) is 13.5 Å². The number of rotatable bonds is 7. The highest BCUT2D eigenvalue weighted by molar-refractivity contribution is 5.84. The highest BCUT2D eigenvalue weighted by Crippen LogP contribution is 2.44. The first-order valence-electron chi connectivity index (χ1n) is 9.98. The highest BCUT2D eigenvalue weighted by Gasteiger charge is 2.58. The lowest BCUT2D eigenvalue weighted by molar-refractivity contribution is -0.164. The van der Waals surface area contributed by atoms with Gasteiger partial charge in [-0.05, 0) is 6.92 Å². The Bertz CT molecular complexity index is 978. The molecule has 2 aromatic rings. The molecule has 1 saturated heterocycles. The number of imidazole rings is 1. The third kappa shape index (κ3) is 4.24. The maximum Gasteiger partial charge on any atom is 0.308 e. The Morgan fingerprint density at radius 1 is 1.42 bits per heavy atom. The van der Waals surface area contributed by atoms with Crippen molar-refractivity contribution in [2.75, 3.05) is 24.7 Å². The van der Waals surface area contributed by atoms with E-state index in [-0.39, 0.29) is 24.6 Å². The third-order valence-electron chi connectivity index (χ3n) is 5.02. The number of hydrogen-bond acceptors (Lipinski definition) is 10. The maximum atomic E-state index is 16.1. The number of ether oxygens (including phenoxy) is 3. The van der Waals surface area contributed by atoms with Crippen molar-refractivity contribution in [3.63, 3.8) is 0 Å². The first-order chi connectivity index (χ1) is 14.6. The number of fused-ring (bicyclic) bond motifs is 1. The van der Waals surface area contributed by atoms with E-state index in [0.29, 0.717) is 11.3 Å². The van der Waals surface area contributed by atoms with E-state index in [1.54, 1.807) is 27.8 Å². The summed E-state index contributed by atoms with van der Waals surface area (Å²) in [5, 5.41) is 2.86. The van der Waals surface area contributed by atoms with Crippen molar-refractivity contribution in [1.82, 2.24) is 19.5 Å². The summed E-state index contributed by atoms with van der Waals surface area (Å²) in [6, 6.07) is 0. The summed E-state index contributed by atoms with van der Waals surface area (Å²) in [6.07, 6.45) is -2.12. The van der Waals surface area contributed by atoms with Gasteiger partial charge in [-0.25, -0.2) is 9.37 Å². The van der Waals surface area contributed by atoms with Crippen molar-refractivity contribution in [3.05, 3.63) is 6.33 Å². The van der Waals surface area contributed by atoms with Crippen LogP contribution in [-0.4, -0.2) is 63.0 Å². The summed E-state index contributed by atoms with van der Waals surface area (Å²) < 4.78 is 34.0. The number of anilines is 2. The topological polar surface area (TPSA) is 143 Å². The summed E-state index contributed by atoms with van der Waals surface area (Å²) in [6.45, 7) is 5.90. The zero-order valence-corrected chi connectivity index (χ0v) is 18.1. The molecule has 1 aliphatic heterocycles. The van der Waals surface area contributed by atoms with Gasteiger partial charge in [0.05, 0.1) is 12.2 Å². The fourth-order valence-electron chi connectivity index (χ4n) is 3.35. The van der Waals surface area contributed by atoms with Gasteiger partial charge in [-0.2, -0.15) is 9.97 Å². The first-order valence-corrected chi connectivity index (χ1v) is 9.98. The number of nitrogens with two attached hydrogens (primary N) is 1. The molecule has 4 atom stereocenters. The zero-order chi connectivity index (χ0) is 22.9. The molecule has 0 bridgehead atoms. The number of carbonyl (C=O) groups excluding carboxylic acids is 2. The molecule has 1 aliphatic rings. The Morgan fingerprint density at radius 2 is 2.13 bits per heavy atom. The lowest BCUT2D eigenvalue weighted by atomic mass is 9.98. The number of esters is 2. The molecule has 0 aromatic carbocycles. The molecule has 4 unspecified atom stereocenters. The number of aromatic nitrogens is 4. The van der Waals surface area contributed by atoms with Gasteiger partial charge in [-0.3, -0.25) is 14.2 Å². The molecule has 3 heterocycles. The minimum Gasteiger partial charge on any atom is -0.463 e.